The van der Waals surface area contributed by atoms with Crippen LogP contribution in [0.25, 0.3) is 0 Å². The van der Waals surface area contributed by atoms with Gasteiger partial charge < -0.3 is 9.47 Å². The Hall–Kier alpha value is -4.18. The molecule has 0 unspecified atom stereocenters. The molecule has 4 aromatic rings. The normalized spacial score (nSPS) is 10.9. The van der Waals surface area contributed by atoms with Gasteiger partial charge in [-0.05, 0) is 116 Å². The van der Waals surface area contributed by atoms with Crippen molar-refractivity contribution in [1.82, 2.24) is 0 Å². The molecule has 0 saturated carbocycles. The zero-order valence-corrected chi connectivity index (χ0v) is 22.0. The van der Waals surface area contributed by atoms with Crippen molar-refractivity contribution in [3.63, 3.8) is 0 Å². The quantitative estimate of drug-likeness (QED) is 0.194. The first kappa shape index (κ1) is 25.9. The van der Waals surface area contributed by atoms with Crippen molar-refractivity contribution < 1.29 is 19.1 Å². The minimum atomic E-state index is -0.367. The maximum Gasteiger partial charge on any atom is 0.343 e. The van der Waals surface area contributed by atoms with Gasteiger partial charge >= 0.3 is 11.9 Å². The van der Waals surface area contributed by atoms with E-state index in [1.54, 1.807) is 12.1 Å². The predicted molar refractivity (Wildman–Crippen MR) is 147 cm³/mol. The molecule has 4 aromatic carbocycles. The van der Waals surface area contributed by atoms with Gasteiger partial charge in [0.2, 0.25) is 0 Å². The molecule has 0 amide bonds. The van der Waals surface area contributed by atoms with E-state index in [-0.39, 0.29) is 17.9 Å². The fourth-order valence-electron chi connectivity index (χ4n) is 4.27. The van der Waals surface area contributed by atoms with E-state index in [4.69, 9.17) is 9.47 Å². The average Bonchev–Trinajstić information content (AvgIpc) is 2.89. The number of esters is 2. The lowest BCUT2D eigenvalue weighted by Crippen LogP contribution is -2.09. The number of aryl methyl sites for hydroxylation is 4. The number of hydrogen-bond donors (Lipinski definition) is 0. The first-order valence-electron chi connectivity index (χ1n) is 12.5. The van der Waals surface area contributed by atoms with Gasteiger partial charge in [-0.2, -0.15) is 0 Å². The molecular formula is C33H32O4. The molecule has 0 fully saturated rings. The fourth-order valence-corrected chi connectivity index (χ4v) is 4.27. The van der Waals surface area contributed by atoms with Crippen LogP contribution in [-0.4, -0.2) is 11.9 Å². The molecule has 0 aliphatic carbocycles. The van der Waals surface area contributed by atoms with Crippen molar-refractivity contribution in [2.75, 3.05) is 0 Å². The molecule has 0 aliphatic rings. The summed E-state index contributed by atoms with van der Waals surface area (Å²) in [6.07, 6.45) is 0.892. The highest BCUT2D eigenvalue weighted by Crippen LogP contribution is 2.31. The van der Waals surface area contributed by atoms with Crippen LogP contribution >= 0.6 is 0 Å². The van der Waals surface area contributed by atoms with E-state index in [0.717, 1.165) is 39.8 Å². The summed E-state index contributed by atoms with van der Waals surface area (Å²) in [5.41, 5.74) is 7.71. The van der Waals surface area contributed by atoms with Crippen LogP contribution in [0.3, 0.4) is 0 Å². The number of carbonyl (C=O) groups is 2. The van der Waals surface area contributed by atoms with Gasteiger partial charge in [0.05, 0.1) is 11.1 Å². The zero-order valence-electron chi connectivity index (χ0n) is 22.0. The number of benzene rings is 4. The van der Waals surface area contributed by atoms with E-state index in [0.29, 0.717) is 22.6 Å². The molecule has 0 heterocycles. The Morgan fingerprint density at radius 1 is 0.568 bits per heavy atom. The van der Waals surface area contributed by atoms with E-state index in [1.807, 2.05) is 100 Å². The highest BCUT2D eigenvalue weighted by molar-refractivity contribution is 5.92. The second-order valence-electron chi connectivity index (χ2n) is 9.48. The smallest absolute Gasteiger partial charge is 0.343 e. The second kappa shape index (κ2) is 11.3. The lowest BCUT2D eigenvalue weighted by molar-refractivity contribution is 0.0725. The summed E-state index contributed by atoms with van der Waals surface area (Å²) in [6, 6.07) is 26.4. The molecule has 0 bridgehead atoms. The molecule has 0 N–H and O–H groups in total. The van der Waals surface area contributed by atoms with Crippen molar-refractivity contribution in [2.24, 2.45) is 0 Å². The summed E-state index contributed by atoms with van der Waals surface area (Å²) < 4.78 is 11.2. The van der Waals surface area contributed by atoms with Gasteiger partial charge in [0.1, 0.15) is 11.5 Å². The van der Waals surface area contributed by atoms with Crippen LogP contribution in [0, 0.1) is 27.7 Å². The van der Waals surface area contributed by atoms with Gasteiger partial charge in [0.15, 0.2) is 0 Å². The first-order chi connectivity index (χ1) is 17.7. The van der Waals surface area contributed by atoms with Crippen LogP contribution in [0.15, 0.2) is 84.9 Å². The summed E-state index contributed by atoms with van der Waals surface area (Å²) in [6.45, 7) is 10.1. The van der Waals surface area contributed by atoms with E-state index in [1.165, 1.54) is 0 Å². The van der Waals surface area contributed by atoms with E-state index in [2.05, 4.69) is 6.92 Å². The summed E-state index contributed by atoms with van der Waals surface area (Å²) in [7, 11) is 0. The molecule has 0 aliphatic heterocycles. The molecule has 37 heavy (non-hydrogen) atoms. The summed E-state index contributed by atoms with van der Waals surface area (Å²) >= 11 is 0. The third-order valence-electron chi connectivity index (χ3n) is 6.88. The summed E-state index contributed by atoms with van der Waals surface area (Å²) in [4.78, 5) is 25.1. The monoisotopic (exact) mass is 492 g/mol. The third kappa shape index (κ3) is 6.15. The van der Waals surface area contributed by atoms with E-state index >= 15 is 0 Å². The second-order valence-corrected chi connectivity index (χ2v) is 9.48. The number of rotatable bonds is 7. The Kier molecular flexibility index (Phi) is 7.88. The largest absolute Gasteiger partial charge is 0.423 e. The van der Waals surface area contributed by atoms with Crippen LogP contribution in [0.5, 0.6) is 11.5 Å². The number of carbonyl (C=O) groups excluding carboxylic acids is 2. The van der Waals surface area contributed by atoms with Gasteiger partial charge in [-0.15, -0.1) is 0 Å². The molecule has 0 radical (unpaired) electrons. The fraction of sp³-hybridized carbons (Fsp3) is 0.212. The molecule has 4 rings (SSSR count). The Morgan fingerprint density at radius 2 is 0.946 bits per heavy atom. The molecule has 188 valence electrons. The van der Waals surface area contributed by atoms with Crippen molar-refractivity contribution in [3.05, 3.63) is 129 Å². The van der Waals surface area contributed by atoms with Crippen LogP contribution in [0.4, 0.5) is 0 Å². The Bertz CT molecular complexity index is 1310. The first-order valence-corrected chi connectivity index (χ1v) is 12.5. The van der Waals surface area contributed by atoms with Gasteiger partial charge in [-0.25, -0.2) is 9.59 Å². The Balaban J connectivity index is 1.42. The third-order valence-corrected chi connectivity index (χ3v) is 6.88. The van der Waals surface area contributed by atoms with Gasteiger partial charge in [-0.1, -0.05) is 43.3 Å². The Morgan fingerprint density at radius 3 is 1.27 bits per heavy atom. The lowest BCUT2D eigenvalue weighted by atomic mass is 9.89. The Labute approximate surface area is 218 Å². The van der Waals surface area contributed by atoms with Crippen LogP contribution in [-0.2, 0) is 0 Å². The molecule has 0 aromatic heterocycles. The maximum absolute atomic E-state index is 12.5. The molecular weight excluding hydrogens is 460 g/mol. The zero-order chi connectivity index (χ0) is 26.5. The van der Waals surface area contributed by atoms with Crippen molar-refractivity contribution in [2.45, 2.75) is 47.0 Å². The summed E-state index contributed by atoms with van der Waals surface area (Å²) in [5.74, 6) is 0.447. The average molecular weight is 493 g/mol. The molecule has 0 saturated heterocycles. The minimum absolute atomic E-state index is 0.161. The van der Waals surface area contributed by atoms with E-state index in [9.17, 15) is 9.59 Å². The van der Waals surface area contributed by atoms with Crippen LogP contribution in [0.1, 0.15) is 73.4 Å². The predicted octanol–water partition coefficient (Wildman–Crippen LogP) is 7.90. The van der Waals surface area contributed by atoms with Crippen molar-refractivity contribution in [3.8, 4) is 11.5 Å². The van der Waals surface area contributed by atoms with Crippen molar-refractivity contribution >= 4 is 11.9 Å². The lowest BCUT2D eigenvalue weighted by Gasteiger charge is -2.17. The SMILES string of the molecule is CCC(c1ccc(OC(=O)c2ccc(C)c(C)c2)cc1)c1ccc(OC(=O)c2ccc(C)c(C)c2)cc1. The van der Waals surface area contributed by atoms with Crippen LogP contribution in [0.2, 0.25) is 0 Å². The van der Waals surface area contributed by atoms with Gasteiger partial charge in [0.25, 0.3) is 0 Å². The summed E-state index contributed by atoms with van der Waals surface area (Å²) in [5, 5.41) is 0. The van der Waals surface area contributed by atoms with Crippen molar-refractivity contribution in [1.29, 1.82) is 0 Å². The molecule has 4 heteroatoms. The number of hydrogen-bond acceptors (Lipinski definition) is 4. The molecule has 4 nitrogen and oxygen atoms in total. The van der Waals surface area contributed by atoms with Crippen LogP contribution < -0.4 is 9.47 Å². The van der Waals surface area contributed by atoms with E-state index < -0.39 is 0 Å². The maximum atomic E-state index is 12.5. The topological polar surface area (TPSA) is 52.6 Å². The highest BCUT2D eigenvalue weighted by Gasteiger charge is 2.15. The van der Waals surface area contributed by atoms with Gasteiger partial charge in [-0.3, -0.25) is 0 Å². The highest BCUT2D eigenvalue weighted by atomic mass is 16.5. The molecule has 0 spiro atoms. The van der Waals surface area contributed by atoms with Gasteiger partial charge in [0, 0.05) is 5.92 Å². The molecule has 0 atom stereocenters. The minimum Gasteiger partial charge on any atom is -0.423 e. The number of ether oxygens (including phenoxy) is 2. The standard InChI is InChI=1S/C33H32O4/c1-6-31(25-11-15-29(16-12-25)36-32(34)27-9-7-21(2)23(4)19-27)26-13-17-30(18-14-26)37-33(35)28-10-8-22(3)24(5)20-28/h7-20,31H,6H2,1-5H3.